The van der Waals surface area contributed by atoms with Crippen molar-refractivity contribution in [1.29, 1.82) is 0 Å². The van der Waals surface area contributed by atoms with Crippen molar-refractivity contribution in [3.8, 4) is 17.0 Å². The van der Waals surface area contributed by atoms with E-state index in [4.69, 9.17) is 9.26 Å². The number of fused-ring (bicyclic) bond motifs is 1. The number of hydrogen-bond acceptors (Lipinski definition) is 7. The number of carboxylic acids is 1. The van der Waals surface area contributed by atoms with Gasteiger partial charge in [-0.3, -0.25) is 0 Å². The number of hydrogen-bond donors (Lipinski definition) is 1. The zero-order chi connectivity index (χ0) is 30.5. The Morgan fingerprint density at radius 3 is 2.65 bits per heavy atom. The SMILES string of the molecule is CC[C@H]1C[C@@H](OCc2c(-c3ccccc3OC(F)(F)F)noc2C2CC2)C[C@@H](C)C1c1nc2c(F)cc(C(=O)O)cc2s1. The van der Waals surface area contributed by atoms with Gasteiger partial charge in [-0.2, -0.15) is 0 Å². The molecule has 0 aliphatic heterocycles. The first kappa shape index (κ1) is 29.6. The van der Waals surface area contributed by atoms with E-state index in [1.165, 1.54) is 35.6 Å². The molecule has 2 aliphatic rings. The van der Waals surface area contributed by atoms with Gasteiger partial charge < -0.3 is 19.1 Å². The maximum Gasteiger partial charge on any atom is 0.573 e. The molecule has 1 N–H and O–H groups in total. The zero-order valence-electron chi connectivity index (χ0n) is 23.5. The fourth-order valence-corrected chi connectivity index (χ4v) is 7.65. The minimum Gasteiger partial charge on any atom is -0.478 e. The Bertz CT molecular complexity index is 1650. The molecule has 2 aromatic carbocycles. The first-order valence-corrected chi connectivity index (χ1v) is 15.1. The molecule has 6 rings (SSSR count). The summed E-state index contributed by atoms with van der Waals surface area (Å²) in [4.78, 5) is 16.0. The Labute approximate surface area is 248 Å². The fourth-order valence-electron chi connectivity index (χ4n) is 6.30. The van der Waals surface area contributed by atoms with Crippen LogP contribution in [0.3, 0.4) is 0 Å². The highest BCUT2D eigenvalue weighted by Gasteiger charge is 2.40. The van der Waals surface area contributed by atoms with Crippen LogP contribution in [-0.2, 0) is 11.3 Å². The number of aromatic carboxylic acids is 1. The summed E-state index contributed by atoms with van der Waals surface area (Å²) in [7, 11) is 0. The Morgan fingerprint density at radius 2 is 1.95 bits per heavy atom. The molecule has 2 aliphatic carbocycles. The average Bonchev–Trinajstić information content (AvgIpc) is 3.56. The summed E-state index contributed by atoms with van der Waals surface area (Å²) in [5.74, 6) is -1.01. The number of halogens is 4. The highest BCUT2D eigenvalue weighted by atomic mass is 32.1. The van der Waals surface area contributed by atoms with Crippen molar-refractivity contribution in [2.75, 3.05) is 0 Å². The second-order valence-electron chi connectivity index (χ2n) is 11.4. The molecule has 0 bridgehead atoms. The molecule has 0 saturated heterocycles. The van der Waals surface area contributed by atoms with Gasteiger partial charge in [0.05, 0.1) is 28.0 Å². The van der Waals surface area contributed by atoms with Gasteiger partial charge in [0.15, 0.2) is 5.82 Å². The number of carbonyl (C=O) groups is 1. The van der Waals surface area contributed by atoms with Gasteiger partial charge in [-0.25, -0.2) is 14.2 Å². The van der Waals surface area contributed by atoms with Gasteiger partial charge >= 0.3 is 12.3 Å². The molecular formula is C31H30F4N2O5S. The molecule has 2 heterocycles. The molecule has 2 fully saturated rings. The Balaban J connectivity index is 1.23. The molecule has 2 aromatic heterocycles. The van der Waals surface area contributed by atoms with Gasteiger partial charge in [-0.05, 0) is 61.8 Å². The Kier molecular flexibility index (Phi) is 7.93. The molecule has 7 nitrogen and oxygen atoms in total. The molecule has 0 spiro atoms. The van der Waals surface area contributed by atoms with Crippen molar-refractivity contribution in [2.24, 2.45) is 11.8 Å². The number of para-hydroxylation sites is 1. The standard InChI is InChI=1S/C31H30F4N2O5S/c1-3-16-11-19(10-15(2)25(16)29-36-27-22(32)12-18(30(38)39)13-24(27)43-29)40-14-21-26(37-42-28(21)17-8-9-17)20-6-4-5-7-23(20)41-31(33,34)35/h4-7,12-13,15-17,19,25H,3,8-11,14H2,1-2H3,(H,38,39)/t15-,16+,19+,25?/m1/s1. The van der Waals surface area contributed by atoms with Crippen molar-refractivity contribution in [3.05, 3.63) is 64.1 Å². The number of alkyl halides is 3. The normalized spacial score (nSPS) is 22.7. The number of ether oxygens (including phenoxy) is 2. The van der Waals surface area contributed by atoms with Crippen molar-refractivity contribution in [3.63, 3.8) is 0 Å². The summed E-state index contributed by atoms with van der Waals surface area (Å²) in [6.07, 6.45) is -0.894. The summed E-state index contributed by atoms with van der Waals surface area (Å²) < 4.78 is 71.0. The lowest BCUT2D eigenvalue weighted by atomic mass is 9.71. The summed E-state index contributed by atoms with van der Waals surface area (Å²) in [5, 5.41) is 14.3. The molecule has 2 saturated carbocycles. The number of rotatable bonds is 9. The van der Waals surface area contributed by atoms with Gasteiger partial charge in [-0.15, -0.1) is 24.5 Å². The van der Waals surface area contributed by atoms with Crippen molar-refractivity contribution in [2.45, 2.75) is 76.9 Å². The molecule has 12 heteroatoms. The molecule has 228 valence electrons. The predicted molar refractivity (Wildman–Crippen MR) is 151 cm³/mol. The molecule has 4 aromatic rings. The van der Waals surface area contributed by atoms with E-state index >= 15 is 0 Å². The van der Waals surface area contributed by atoms with Crippen molar-refractivity contribution < 1.29 is 41.5 Å². The van der Waals surface area contributed by atoms with Crippen LogP contribution in [0.4, 0.5) is 17.6 Å². The third kappa shape index (κ3) is 6.12. The van der Waals surface area contributed by atoms with Crippen LogP contribution in [-0.4, -0.2) is 33.7 Å². The Morgan fingerprint density at radius 1 is 1.19 bits per heavy atom. The Hall–Kier alpha value is -3.51. The third-order valence-corrected chi connectivity index (χ3v) is 9.54. The number of thiazole rings is 1. The molecule has 43 heavy (non-hydrogen) atoms. The largest absolute Gasteiger partial charge is 0.573 e. The van der Waals surface area contributed by atoms with E-state index in [0.29, 0.717) is 22.4 Å². The summed E-state index contributed by atoms with van der Waals surface area (Å²) in [5.41, 5.74) is 1.19. The van der Waals surface area contributed by atoms with E-state index < -0.39 is 18.1 Å². The van der Waals surface area contributed by atoms with Gasteiger partial charge in [0, 0.05) is 23.0 Å². The lowest BCUT2D eigenvalue weighted by molar-refractivity contribution is -0.274. The summed E-state index contributed by atoms with van der Waals surface area (Å²) in [6, 6.07) is 8.35. The number of nitrogens with zero attached hydrogens (tertiary/aromatic N) is 2. The minimum absolute atomic E-state index is 0.0505. The monoisotopic (exact) mass is 618 g/mol. The number of aromatic nitrogens is 2. The maximum atomic E-state index is 14.7. The van der Waals surface area contributed by atoms with E-state index in [9.17, 15) is 27.5 Å². The first-order valence-electron chi connectivity index (χ1n) is 14.3. The van der Waals surface area contributed by atoms with Crippen molar-refractivity contribution >= 4 is 27.5 Å². The smallest absolute Gasteiger partial charge is 0.478 e. The molecule has 1 unspecified atom stereocenters. The quantitative estimate of drug-likeness (QED) is 0.188. The second kappa shape index (κ2) is 11.5. The number of benzene rings is 2. The van der Waals surface area contributed by atoms with E-state index in [2.05, 4.69) is 28.7 Å². The van der Waals surface area contributed by atoms with Gasteiger partial charge in [0.1, 0.15) is 22.7 Å². The van der Waals surface area contributed by atoms with Gasteiger partial charge in [0.2, 0.25) is 0 Å². The molecule has 0 radical (unpaired) electrons. The average molecular weight is 619 g/mol. The highest BCUT2D eigenvalue weighted by molar-refractivity contribution is 7.18. The lowest BCUT2D eigenvalue weighted by Crippen LogP contribution is -2.33. The van der Waals surface area contributed by atoms with Crippen LogP contribution in [0.25, 0.3) is 21.5 Å². The van der Waals surface area contributed by atoms with Gasteiger partial charge in [-0.1, -0.05) is 37.6 Å². The van der Waals surface area contributed by atoms with Crippen LogP contribution in [0.15, 0.2) is 40.9 Å². The van der Waals surface area contributed by atoms with E-state index in [1.807, 2.05) is 0 Å². The minimum atomic E-state index is -4.85. The van der Waals surface area contributed by atoms with Gasteiger partial charge in [0.25, 0.3) is 0 Å². The predicted octanol–water partition coefficient (Wildman–Crippen LogP) is 8.69. The van der Waals surface area contributed by atoms with Crippen LogP contribution in [0, 0.1) is 17.7 Å². The van der Waals surface area contributed by atoms with E-state index in [-0.39, 0.29) is 64.5 Å². The number of carboxylic acid groups (broad SMARTS) is 1. The summed E-state index contributed by atoms with van der Waals surface area (Å²) in [6.45, 7) is 4.33. The van der Waals surface area contributed by atoms with E-state index in [0.717, 1.165) is 36.8 Å². The molecule has 0 amide bonds. The third-order valence-electron chi connectivity index (χ3n) is 8.44. The van der Waals surface area contributed by atoms with Crippen LogP contribution >= 0.6 is 11.3 Å². The molecular weight excluding hydrogens is 588 g/mol. The van der Waals surface area contributed by atoms with Crippen LogP contribution in [0.1, 0.15) is 84.5 Å². The van der Waals surface area contributed by atoms with Crippen molar-refractivity contribution in [1.82, 2.24) is 10.1 Å². The first-order chi connectivity index (χ1) is 20.5. The van der Waals surface area contributed by atoms with Crippen LogP contribution < -0.4 is 4.74 Å². The van der Waals surface area contributed by atoms with E-state index in [1.54, 1.807) is 6.07 Å². The lowest BCUT2D eigenvalue weighted by Gasteiger charge is -2.39. The maximum absolute atomic E-state index is 14.7. The topological polar surface area (TPSA) is 94.7 Å². The second-order valence-corrected chi connectivity index (χ2v) is 12.5. The zero-order valence-corrected chi connectivity index (χ0v) is 24.3. The highest BCUT2D eigenvalue weighted by Crippen LogP contribution is 2.48. The van der Waals surface area contributed by atoms with Crippen LogP contribution in [0.2, 0.25) is 0 Å². The summed E-state index contributed by atoms with van der Waals surface area (Å²) >= 11 is 1.33. The van der Waals surface area contributed by atoms with Crippen LogP contribution in [0.5, 0.6) is 5.75 Å². The molecule has 4 atom stereocenters. The fraction of sp³-hybridized carbons (Fsp3) is 0.452.